The number of rotatable bonds is 1. The summed E-state index contributed by atoms with van der Waals surface area (Å²) < 4.78 is 0. The van der Waals surface area contributed by atoms with Crippen LogP contribution in [0.25, 0.3) is 0 Å². The molecule has 0 amide bonds. The molecule has 2 aliphatic heterocycles. The Bertz CT molecular complexity index is 231. The molecule has 1 N–H and O–H groups in total. The fraction of sp³-hybridized carbons (Fsp3) is 0.833. The van der Waals surface area contributed by atoms with Crippen molar-refractivity contribution in [3.05, 3.63) is 11.6 Å². The quantitative estimate of drug-likeness (QED) is 0.674. The van der Waals surface area contributed by atoms with E-state index in [4.69, 9.17) is 0 Å². The molecule has 0 aliphatic carbocycles. The van der Waals surface area contributed by atoms with Crippen LogP contribution in [0.2, 0.25) is 0 Å². The van der Waals surface area contributed by atoms with E-state index in [0.29, 0.717) is 10.5 Å². The van der Waals surface area contributed by atoms with Crippen molar-refractivity contribution < 1.29 is 5.11 Å². The minimum atomic E-state index is -0.486. The second kappa shape index (κ2) is 3.90. The Kier molecular flexibility index (Phi) is 2.94. The molecule has 2 bridgehead atoms. The summed E-state index contributed by atoms with van der Waals surface area (Å²) in [7, 11) is 0. The smallest absolute Gasteiger partial charge is 0.0851 e. The molecule has 0 saturated carbocycles. The lowest BCUT2D eigenvalue weighted by Crippen LogP contribution is -2.41. The third-order valence-corrected chi connectivity index (χ3v) is 4.73. The topological polar surface area (TPSA) is 20.2 Å². The Morgan fingerprint density at radius 1 is 1.29 bits per heavy atom. The fourth-order valence-electron chi connectivity index (χ4n) is 2.81. The normalized spacial score (nSPS) is 41.9. The third-order valence-electron chi connectivity index (χ3n) is 3.16. The molecule has 0 radical (unpaired) electrons. The molecule has 2 rings (SSSR count). The highest BCUT2D eigenvalue weighted by molar-refractivity contribution is 8.00. The fourth-order valence-corrected chi connectivity index (χ4v) is 4.73. The SMILES string of the molecule is CC(C)=CC1(O)CC2CCCC(C1)S2. The molecule has 0 aromatic heterocycles. The van der Waals surface area contributed by atoms with Crippen LogP contribution in [0.5, 0.6) is 0 Å². The van der Waals surface area contributed by atoms with Crippen LogP contribution >= 0.6 is 11.8 Å². The summed E-state index contributed by atoms with van der Waals surface area (Å²) in [5.41, 5.74) is 0.761. The maximum atomic E-state index is 10.5. The molecule has 2 aliphatic rings. The highest BCUT2D eigenvalue weighted by Crippen LogP contribution is 2.46. The minimum Gasteiger partial charge on any atom is -0.386 e. The van der Waals surface area contributed by atoms with E-state index in [-0.39, 0.29) is 0 Å². The van der Waals surface area contributed by atoms with Gasteiger partial charge in [0.2, 0.25) is 0 Å². The molecule has 80 valence electrons. The Hall–Kier alpha value is 0.0500. The van der Waals surface area contributed by atoms with Crippen LogP contribution in [0.1, 0.15) is 46.0 Å². The van der Waals surface area contributed by atoms with E-state index in [1.54, 1.807) is 0 Å². The van der Waals surface area contributed by atoms with E-state index >= 15 is 0 Å². The second-order valence-corrected chi connectivity index (χ2v) is 6.65. The van der Waals surface area contributed by atoms with Crippen LogP contribution in [0.15, 0.2) is 11.6 Å². The zero-order chi connectivity index (χ0) is 10.2. The first kappa shape index (κ1) is 10.6. The number of hydrogen-bond donors (Lipinski definition) is 1. The molecule has 0 spiro atoms. The molecule has 2 fully saturated rings. The molecule has 2 atom stereocenters. The zero-order valence-corrected chi connectivity index (χ0v) is 9.94. The monoisotopic (exact) mass is 212 g/mol. The van der Waals surface area contributed by atoms with E-state index in [1.807, 2.05) is 0 Å². The predicted octanol–water partition coefficient (Wildman–Crippen LogP) is 3.13. The highest BCUT2D eigenvalue weighted by Gasteiger charge is 2.39. The van der Waals surface area contributed by atoms with Crippen LogP contribution in [-0.2, 0) is 0 Å². The number of allylic oxidation sites excluding steroid dienone is 1. The van der Waals surface area contributed by atoms with Gasteiger partial charge >= 0.3 is 0 Å². The second-order valence-electron chi connectivity index (χ2n) is 5.04. The van der Waals surface area contributed by atoms with Gasteiger partial charge in [0.15, 0.2) is 0 Å². The van der Waals surface area contributed by atoms with Gasteiger partial charge < -0.3 is 5.11 Å². The lowest BCUT2D eigenvalue weighted by molar-refractivity contribution is 0.0596. The average molecular weight is 212 g/mol. The van der Waals surface area contributed by atoms with Crippen LogP contribution in [0.4, 0.5) is 0 Å². The summed E-state index contributed by atoms with van der Waals surface area (Å²) in [6.45, 7) is 4.16. The average Bonchev–Trinajstić information content (AvgIpc) is 1.99. The van der Waals surface area contributed by atoms with Crippen molar-refractivity contribution >= 4 is 11.8 Å². The predicted molar refractivity (Wildman–Crippen MR) is 62.6 cm³/mol. The van der Waals surface area contributed by atoms with E-state index in [1.165, 1.54) is 24.8 Å². The zero-order valence-electron chi connectivity index (χ0n) is 9.12. The number of thioether (sulfide) groups is 1. The Morgan fingerprint density at radius 3 is 2.36 bits per heavy atom. The summed E-state index contributed by atoms with van der Waals surface area (Å²) in [4.78, 5) is 0. The van der Waals surface area contributed by atoms with Crippen molar-refractivity contribution in [1.29, 1.82) is 0 Å². The minimum absolute atomic E-state index is 0.486. The van der Waals surface area contributed by atoms with Gasteiger partial charge in [-0.3, -0.25) is 0 Å². The van der Waals surface area contributed by atoms with Gasteiger partial charge in [-0.15, -0.1) is 0 Å². The highest BCUT2D eigenvalue weighted by atomic mass is 32.2. The van der Waals surface area contributed by atoms with Crippen molar-refractivity contribution in [3.8, 4) is 0 Å². The summed E-state index contributed by atoms with van der Waals surface area (Å²) >= 11 is 2.11. The van der Waals surface area contributed by atoms with Crippen LogP contribution in [0, 0.1) is 0 Å². The van der Waals surface area contributed by atoms with Gasteiger partial charge in [0.25, 0.3) is 0 Å². The van der Waals surface area contributed by atoms with Crippen molar-refractivity contribution in [2.75, 3.05) is 0 Å². The molecule has 14 heavy (non-hydrogen) atoms. The van der Waals surface area contributed by atoms with E-state index < -0.39 is 5.60 Å². The summed E-state index contributed by atoms with van der Waals surface area (Å²) in [5.74, 6) is 0. The first-order valence-corrected chi connectivity index (χ1v) is 6.56. The molecular formula is C12H20OS. The molecule has 1 nitrogen and oxygen atoms in total. The van der Waals surface area contributed by atoms with Crippen LogP contribution < -0.4 is 0 Å². The van der Waals surface area contributed by atoms with Gasteiger partial charge in [-0.1, -0.05) is 18.1 Å². The van der Waals surface area contributed by atoms with Gasteiger partial charge in [0.05, 0.1) is 5.60 Å². The third kappa shape index (κ3) is 2.34. The first-order chi connectivity index (χ1) is 6.57. The standard InChI is InChI=1S/C12H20OS/c1-9(2)6-12(13)7-10-4-3-5-11(8-12)14-10/h6,10-11,13H,3-5,7-8H2,1-2H3. The molecule has 2 saturated heterocycles. The van der Waals surface area contributed by atoms with Crippen LogP contribution in [0.3, 0.4) is 0 Å². The maximum Gasteiger partial charge on any atom is 0.0851 e. The van der Waals surface area contributed by atoms with Gasteiger partial charge in [-0.2, -0.15) is 11.8 Å². The molecule has 0 aromatic carbocycles. The lowest BCUT2D eigenvalue weighted by Gasteiger charge is -2.42. The molecule has 0 aromatic rings. The van der Waals surface area contributed by atoms with Gasteiger partial charge in [-0.25, -0.2) is 0 Å². The largest absolute Gasteiger partial charge is 0.386 e. The Morgan fingerprint density at radius 2 is 1.86 bits per heavy atom. The Balaban J connectivity index is 2.11. The Labute approximate surface area is 91.0 Å². The molecule has 2 heterocycles. The van der Waals surface area contributed by atoms with Crippen molar-refractivity contribution in [2.24, 2.45) is 0 Å². The number of aliphatic hydroxyl groups is 1. The first-order valence-electron chi connectivity index (χ1n) is 5.61. The summed E-state index contributed by atoms with van der Waals surface area (Å²) in [5, 5.41) is 11.9. The van der Waals surface area contributed by atoms with E-state index in [0.717, 1.165) is 12.8 Å². The summed E-state index contributed by atoms with van der Waals surface area (Å²) in [6, 6.07) is 0. The number of fused-ring (bicyclic) bond motifs is 2. The van der Waals surface area contributed by atoms with Gasteiger partial charge in [0.1, 0.15) is 0 Å². The molecule has 2 heteroatoms. The van der Waals surface area contributed by atoms with Crippen molar-refractivity contribution in [3.63, 3.8) is 0 Å². The van der Waals surface area contributed by atoms with E-state index in [2.05, 4.69) is 31.7 Å². The van der Waals surface area contributed by atoms with Gasteiger partial charge in [0, 0.05) is 10.5 Å². The molecular weight excluding hydrogens is 192 g/mol. The van der Waals surface area contributed by atoms with E-state index in [9.17, 15) is 5.11 Å². The van der Waals surface area contributed by atoms with Crippen molar-refractivity contribution in [1.82, 2.24) is 0 Å². The summed E-state index contributed by atoms with van der Waals surface area (Å²) in [6.07, 6.45) is 8.00. The number of hydrogen-bond acceptors (Lipinski definition) is 2. The van der Waals surface area contributed by atoms with Gasteiger partial charge in [-0.05, 0) is 39.5 Å². The van der Waals surface area contributed by atoms with Crippen LogP contribution in [-0.4, -0.2) is 21.2 Å². The maximum absolute atomic E-state index is 10.5. The van der Waals surface area contributed by atoms with Crippen molar-refractivity contribution in [2.45, 2.75) is 62.1 Å². The lowest BCUT2D eigenvalue weighted by atomic mass is 9.84. The molecule has 2 unspecified atom stereocenters.